The van der Waals surface area contributed by atoms with E-state index in [-0.39, 0.29) is 0 Å². The third-order valence-electron chi connectivity index (χ3n) is 5.82. The van der Waals surface area contributed by atoms with Crippen molar-refractivity contribution in [3.63, 3.8) is 0 Å². The Balaban J connectivity index is 1.60. The lowest BCUT2D eigenvalue weighted by atomic mass is 9.82. The predicted octanol–water partition coefficient (Wildman–Crippen LogP) is 4.45. The summed E-state index contributed by atoms with van der Waals surface area (Å²) in [6.45, 7) is -0.549. The summed E-state index contributed by atoms with van der Waals surface area (Å²) in [7, 11) is 3.03. The molecule has 0 radical (unpaired) electrons. The van der Waals surface area contributed by atoms with Crippen LogP contribution in [0, 0.1) is 0 Å². The Bertz CT molecular complexity index is 1240. The molecule has 4 rings (SSSR count). The van der Waals surface area contributed by atoms with Crippen molar-refractivity contribution in [3.8, 4) is 11.5 Å². The van der Waals surface area contributed by atoms with Gasteiger partial charge in [-0.1, -0.05) is 36.0 Å². The van der Waals surface area contributed by atoms with Gasteiger partial charge in [0.15, 0.2) is 5.54 Å². The number of nitrogens with zero attached hydrogens (tertiary/aromatic N) is 1. The number of anilines is 1. The minimum Gasteiger partial charge on any atom is -0.497 e. The predicted molar refractivity (Wildman–Crippen MR) is 134 cm³/mol. The van der Waals surface area contributed by atoms with Crippen molar-refractivity contribution in [1.82, 2.24) is 10.2 Å². The van der Waals surface area contributed by atoms with Crippen molar-refractivity contribution in [2.24, 2.45) is 0 Å². The van der Waals surface area contributed by atoms with E-state index in [0.29, 0.717) is 45.0 Å². The van der Waals surface area contributed by atoms with Gasteiger partial charge in [-0.05, 0) is 59.7 Å². The van der Waals surface area contributed by atoms with Gasteiger partial charge in [-0.2, -0.15) is 8.78 Å². The van der Waals surface area contributed by atoms with Crippen molar-refractivity contribution in [3.05, 3.63) is 83.9 Å². The summed E-state index contributed by atoms with van der Waals surface area (Å²) in [6.07, 6.45) is 0. The number of methoxy groups -OCH3 is 2. The minimum absolute atomic E-state index is 0.339. The quantitative estimate of drug-likeness (QED) is 0.315. The number of rotatable bonds is 9. The van der Waals surface area contributed by atoms with Crippen molar-refractivity contribution < 1.29 is 32.6 Å². The lowest BCUT2D eigenvalue weighted by Gasteiger charge is -2.28. The van der Waals surface area contributed by atoms with Crippen LogP contribution in [0.5, 0.6) is 11.5 Å². The molecule has 0 atom stereocenters. The zero-order valence-corrected chi connectivity index (χ0v) is 20.7. The van der Waals surface area contributed by atoms with Gasteiger partial charge in [-0.3, -0.25) is 14.5 Å². The number of halogens is 2. The Morgan fingerprint density at radius 2 is 1.43 bits per heavy atom. The molecule has 3 aromatic carbocycles. The fourth-order valence-corrected chi connectivity index (χ4v) is 4.52. The number of urea groups is 1. The van der Waals surface area contributed by atoms with Crippen LogP contribution in [0.15, 0.2) is 77.7 Å². The number of ether oxygens (including phenoxy) is 2. The van der Waals surface area contributed by atoms with Gasteiger partial charge in [0.25, 0.3) is 11.7 Å². The molecule has 1 aliphatic rings. The summed E-state index contributed by atoms with van der Waals surface area (Å²) < 4.78 is 35.5. The van der Waals surface area contributed by atoms with E-state index >= 15 is 0 Å². The molecule has 1 saturated heterocycles. The molecule has 11 heteroatoms. The molecule has 1 fully saturated rings. The SMILES string of the molecule is COc1ccc(C2(c3ccc(OC)cc3)NC(=O)N(CC(=O)Nc3ccc(SC(F)F)cc3)C2=O)cc1. The number of hydrogen-bond donors (Lipinski definition) is 2. The van der Waals surface area contributed by atoms with E-state index in [1.165, 1.54) is 38.5 Å². The van der Waals surface area contributed by atoms with Crippen LogP contribution in [0.25, 0.3) is 0 Å². The van der Waals surface area contributed by atoms with E-state index in [4.69, 9.17) is 9.47 Å². The monoisotopic (exact) mass is 527 g/mol. The molecule has 0 aliphatic carbocycles. The maximum Gasteiger partial charge on any atom is 0.326 e. The Kier molecular flexibility index (Phi) is 7.63. The Morgan fingerprint density at radius 3 is 1.89 bits per heavy atom. The number of benzene rings is 3. The van der Waals surface area contributed by atoms with E-state index in [0.717, 1.165) is 4.90 Å². The maximum atomic E-state index is 13.8. The molecule has 8 nitrogen and oxygen atoms in total. The van der Waals surface area contributed by atoms with Gasteiger partial charge in [0.1, 0.15) is 18.0 Å². The number of hydrogen-bond acceptors (Lipinski definition) is 6. The van der Waals surface area contributed by atoms with Crippen LogP contribution >= 0.6 is 11.8 Å². The molecule has 0 saturated carbocycles. The first kappa shape index (κ1) is 26.0. The fourth-order valence-electron chi connectivity index (χ4n) is 4.02. The molecular formula is C26H23F2N3O5S. The van der Waals surface area contributed by atoms with Gasteiger partial charge in [-0.25, -0.2) is 4.79 Å². The van der Waals surface area contributed by atoms with Crippen molar-refractivity contribution in [1.29, 1.82) is 0 Å². The number of nitrogens with one attached hydrogen (secondary N) is 2. The van der Waals surface area contributed by atoms with Crippen LogP contribution in [-0.4, -0.2) is 49.3 Å². The summed E-state index contributed by atoms with van der Waals surface area (Å²) in [5.41, 5.74) is -0.282. The summed E-state index contributed by atoms with van der Waals surface area (Å²) in [5, 5.41) is 5.36. The molecule has 192 valence electrons. The number of imide groups is 1. The molecule has 1 aliphatic heterocycles. The first-order valence-electron chi connectivity index (χ1n) is 11.0. The van der Waals surface area contributed by atoms with Crippen molar-refractivity contribution >= 4 is 35.3 Å². The number of amides is 4. The first-order valence-corrected chi connectivity index (χ1v) is 11.9. The summed E-state index contributed by atoms with van der Waals surface area (Å²) in [6, 6.07) is 18.4. The van der Waals surface area contributed by atoms with Gasteiger partial charge < -0.3 is 20.1 Å². The molecule has 2 N–H and O–H groups in total. The Labute approximate surface area is 215 Å². The molecule has 3 aromatic rings. The minimum atomic E-state index is -2.56. The highest BCUT2D eigenvalue weighted by atomic mass is 32.2. The lowest BCUT2D eigenvalue weighted by molar-refractivity contribution is -0.133. The van der Waals surface area contributed by atoms with Crippen molar-refractivity contribution in [2.45, 2.75) is 16.2 Å². The fraction of sp³-hybridized carbons (Fsp3) is 0.192. The van der Waals surface area contributed by atoms with Crippen LogP contribution in [0.3, 0.4) is 0 Å². The van der Waals surface area contributed by atoms with Crippen LogP contribution in [-0.2, 0) is 15.1 Å². The summed E-state index contributed by atoms with van der Waals surface area (Å²) in [4.78, 5) is 40.7. The second-order valence-electron chi connectivity index (χ2n) is 7.98. The van der Waals surface area contributed by atoms with E-state index < -0.39 is 35.7 Å². The van der Waals surface area contributed by atoms with E-state index in [1.807, 2.05) is 0 Å². The van der Waals surface area contributed by atoms with Gasteiger partial charge >= 0.3 is 6.03 Å². The average Bonchev–Trinajstić information content (AvgIpc) is 3.15. The van der Waals surface area contributed by atoms with Crippen LogP contribution < -0.4 is 20.1 Å². The topological polar surface area (TPSA) is 97.0 Å². The molecule has 4 amide bonds. The zero-order chi connectivity index (χ0) is 26.6. The zero-order valence-electron chi connectivity index (χ0n) is 19.9. The normalized spacial score (nSPS) is 14.5. The highest BCUT2D eigenvalue weighted by molar-refractivity contribution is 7.99. The van der Waals surface area contributed by atoms with Gasteiger partial charge in [0, 0.05) is 10.6 Å². The molecule has 0 aromatic heterocycles. The molecule has 0 bridgehead atoms. The third-order valence-corrected chi connectivity index (χ3v) is 6.54. The molecule has 0 spiro atoms. The Morgan fingerprint density at radius 1 is 0.919 bits per heavy atom. The standard InChI is InChI=1S/C26H23F2N3O5S/c1-35-19-9-3-16(4-10-19)26(17-5-11-20(36-2)12-6-17)23(33)31(25(34)30-26)15-22(32)29-18-7-13-21(14-8-18)37-24(27)28/h3-14,24H,15H2,1-2H3,(H,29,32)(H,30,34). The molecule has 0 unspecified atom stereocenters. The first-order chi connectivity index (χ1) is 17.8. The van der Waals surface area contributed by atoms with Gasteiger partial charge in [0.05, 0.1) is 14.2 Å². The van der Waals surface area contributed by atoms with Crippen LogP contribution in [0.2, 0.25) is 0 Å². The van der Waals surface area contributed by atoms with Gasteiger partial charge in [0.2, 0.25) is 5.91 Å². The third kappa shape index (κ3) is 5.36. The highest BCUT2D eigenvalue weighted by Crippen LogP contribution is 2.37. The van der Waals surface area contributed by atoms with E-state index in [1.54, 1.807) is 48.5 Å². The van der Waals surface area contributed by atoms with Crippen molar-refractivity contribution in [2.75, 3.05) is 26.1 Å². The lowest BCUT2D eigenvalue weighted by Crippen LogP contribution is -2.45. The smallest absolute Gasteiger partial charge is 0.326 e. The number of thioether (sulfide) groups is 1. The van der Waals surface area contributed by atoms with E-state index in [9.17, 15) is 23.2 Å². The molecule has 37 heavy (non-hydrogen) atoms. The largest absolute Gasteiger partial charge is 0.497 e. The number of carbonyl (C=O) groups is 3. The second-order valence-corrected chi connectivity index (χ2v) is 9.04. The number of alkyl halides is 2. The second kappa shape index (κ2) is 10.9. The van der Waals surface area contributed by atoms with E-state index in [2.05, 4.69) is 10.6 Å². The highest BCUT2D eigenvalue weighted by Gasteiger charge is 2.54. The number of carbonyl (C=O) groups excluding carboxylic acids is 3. The average molecular weight is 528 g/mol. The molecular weight excluding hydrogens is 504 g/mol. The Hall–Kier alpha value is -4.12. The molecule has 1 heterocycles. The van der Waals surface area contributed by atoms with Gasteiger partial charge in [-0.15, -0.1) is 0 Å². The summed E-state index contributed by atoms with van der Waals surface area (Å²) >= 11 is 0.385. The van der Waals surface area contributed by atoms with Crippen LogP contribution in [0.4, 0.5) is 19.3 Å². The summed E-state index contributed by atoms with van der Waals surface area (Å²) in [5.74, 6) is -2.68. The maximum absolute atomic E-state index is 13.8. The van der Waals surface area contributed by atoms with Crippen LogP contribution in [0.1, 0.15) is 11.1 Å².